The molecule has 2 rings (SSSR count). The van der Waals surface area contributed by atoms with Crippen LogP contribution >= 0.6 is 11.8 Å². The van der Waals surface area contributed by atoms with Crippen LogP contribution in [0.2, 0.25) is 0 Å². The second kappa shape index (κ2) is 12.6. The number of rotatable bonds is 11. The molecule has 31 heavy (non-hydrogen) atoms. The Labute approximate surface area is 191 Å². The van der Waals surface area contributed by atoms with Crippen molar-refractivity contribution in [3.05, 3.63) is 70.8 Å². The van der Waals surface area contributed by atoms with Gasteiger partial charge in [0.15, 0.2) is 0 Å². The number of hydrogen-bond acceptors (Lipinski definition) is 3. The van der Waals surface area contributed by atoms with Gasteiger partial charge in [-0.15, -0.1) is 11.8 Å². The normalized spacial score (nSPS) is 12.8. The van der Waals surface area contributed by atoms with Crippen molar-refractivity contribution in [2.24, 2.45) is 0 Å². The zero-order valence-electron chi connectivity index (χ0n) is 19.5. The molecule has 0 aliphatic carbocycles. The van der Waals surface area contributed by atoms with Gasteiger partial charge in [0, 0.05) is 18.3 Å². The van der Waals surface area contributed by atoms with Crippen molar-refractivity contribution in [1.82, 2.24) is 10.2 Å². The van der Waals surface area contributed by atoms with Crippen molar-refractivity contribution in [2.75, 3.05) is 5.75 Å². The number of benzene rings is 2. The molecule has 5 heteroatoms. The number of aryl methyl sites for hydroxylation is 2. The molecule has 0 fully saturated rings. The Morgan fingerprint density at radius 3 is 2.16 bits per heavy atom. The van der Waals surface area contributed by atoms with Gasteiger partial charge >= 0.3 is 0 Å². The van der Waals surface area contributed by atoms with Gasteiger partial charge < -0.3 is 10.2 Å². The summed E-state index contributed by atoms with van der Waals surface area (Å²) in [6.07, 6.45) is 1.45. The molecule has 1 N–H and O–H groups in total. The van der Waals surface area contributed by atoms with E-state index in [-0.39, 0.29) is 17.9 Å². The van der Waals surface area contributed by atoms with Gasteiger partial charge in [-0.05, 0) is 44.7 Å². The fourth-order valence-electron chi connectivity index (χ4n) is 3.51. The molecule has 0 aromatic heterocycles. The van der Waals surface area contributed by atoms with Crippen LogP contribution in [0.15, 0.2) is 48.5 Å². The maximum atomic E-state index is 13.3. The van der Waals surface area contributed by atoms with Crippen LogP contribution in [0.1, 0.15) is 55.9 Å². The molecule has 0 unspecified atom stereocenters. The van der Waals surface area contributed by atoms with E-state index in [1.54, 1.807) is 16.7 Å². The molecule has 0 heterocycles. The van der Waals surface area contributed by atoms with E-state index in [0.29, 0.717) is 18.7 Å². The highest BCUT2D eigenvalue weighted by atomic mass is 32.2. The van der Waals surface area contributed by atoms with Gasteiger partial charge in [-0.3, -0.25) is 9.59 Å². The van der Waals surface area contributed by atoms with E-state index in [1.807, 2.05) is 52.0 Å². The molecule has 0 aliphatic heterocycles. The smallest absolute Gasteiger partial charge is 0.243 e. The lowest BCUT2D eigenvalue weighted by molar-refractivity contribution is -0.139. The molecule has 0 bridgehead atoms. The van der Waals surface area contributed by atoms with Gasteiger partial charge in [0.05, 0.1) is 5.75 Å². The number of carbonyl (C=O) groups is 2. The Morgan fingerprint density at radius 1 is 0.968 bits per heavy atom. The maximum absolute atomic E-state index is 13.3. The summed E-state index contributed by atoms with van der Waals surface area (Å²) < 4.78 is 0. The van der Waals surface area contributed by atoms with Crippen molar-refractivity contribution >= 4 is 23.6 Å². The first-order valence-corrected chi connectivity index (χ1v) is 12.3. The van der Waals surface area contributed by atoms with E-state index < -0.39 is 6.04 Å². The number of hydrogen-bond donors (Lipinski definition) is 1. The first kappa shape index (κ1) is 25.0. The average molecular weight is 441 g/mol. The molecule has 0 saturated heterocycles. The van der Waals surface area contributed by atoms with Crippen LogP contribution in [0.5, 0.6) is 0 Å². The zero-order valence-corrected chi connectivity index (χ0v) is 20.3. The van der Waals surface area contributed by atoms with E-state index >= 15 is 0 Å². The van der Waals surface area contributed by atoms with Crippen LogP contribution in [0.3, 0.4) is 0 Å². The summed E-state index contributed by atoms with van der Waals surface area (Å²) in [4.78, 5) is 28.0. The summed E-state index contributed by atoms with van der Waals surface area (Å²) in [5.74, 6) is 1.07. The predicted molar refractivity (Wildman–Crippen MR) is 131 cm³/mol. The van der Waals surface area contributed by atoms with Gasteiger partial charge in [-0.25, -0.2) is 0 Å². The van der Waals surface area contributed by atoms with E-state index in [4.69, 9.17) is 0 Å². The highest BCUT2D eigenvalue weighted by Gasteiger charge is 2.29. The molecule has 0 spiro atoms. The number of amides is 2. The molecule has 0 radical (unpaired) electrons. The Bertz CT molecular complexity index is 868. The largest absolute Gasteiger partial charge is 0.352 e. The Morgan fingerprint density at radius 2 is 1.58 bits per heavy atom. The van der Waals surface area contributed by atoms with E-state index in [1.165, 1.54) is 11.1 Å². The van der Waals surface area contributed by atoms with Crippen LogP contribution in [-0.2, 0) is 21.9 Å². The van der Waals surface area contributed by atoms with Crippen LogP contribution in [-0.4, -0.2) is 34.6 Å². The lowest BCUT2D eigenvalue weighted by atomic mass is 10.1. The first-order valence-electron chi connectivity index (χ1n) is 11.1. The Kier molecular flexibility index (Phi) is 10.1. The molecule has 0 saturated carbocycles. The van der Waals surface area contributed by atoms with Gasteiger partial charge in [0.25, 0.3) is 0 Å². The Balaban J connectivity index is 2.14. The quantitative estimate of drug-likeness (QED) is 0.519. The molecular formula is C26H36N2O2S. The summed E-state index contributed by atoms with van der Waals surface area (Å²) in [5.41, 5.74) is 4.63. The standard InChI is InChI=1S/C26H36N2O2S/c1-6-21(5)27-26(30)24(7-2)28(16-22-12-8-10-19(3)14-22)25(29)18-31-17-23-13-9-11-20(4)15-23/h8-15,21,24H,6-7,16-18H2,1-5H3,(H,27,30)/t21-,24-/m1/s1. The minimum Gasteiger partial charge on any atom is -0.352 e. The molecule has 2 aromatic rings. The lowest BCUT2D eigenvalue weighted by Gasteiger charge is -2.31. The third-order valence-corrected chi connectivity index (χ3v) is 6.39. The van der Waals surface area contributed by atoms with Crippen LogP contribution in [0.4, 0.5) is 0 Å². The van der Waals surface area contributed by atoms with Gasteiger partial charge in [0.1, 0.15) is 6.04 Å². The fourth-order valence-corrected chi connectivity index (χ4v) is 4.37. The maximum Gasteiger partial charge on any atom is 0.243 e. The number of thioether (sulfide) groups is 1. The first-order chi connectivity index (χ1) is 14.8. The van der Waals surface area contributed by atoms with Gasteiger partial charge in [-0.1, -0.05) is 73.5 Å². The third-order valence-electron chi connectivity index (χ3n) is 5.40. The predicted octanol–water partition coefficient (Wildman–Crippen LogP) is 5.26. The van der Waals surface area contributed by atoms with E-state index in [2.05, 4.69) is 36.5 Å². The number of nitrogens with one attached hydrogen (secondary N) is 1. The van der Waals surface area contributed by atoms with Crippen LogP contribution in [0.25, 0.3) is 0 Å². The number of carbonyl (C=O) groups excluding carboxylic acids is 2. The molecular weight excluding hydrogens is 404 g/mol. The summed E-state index contributed by atoms with van der Waals surface area (Å²) in [5, 5.41) is 3.06. The summed E-state index contributed by atoms with van der Waals surface area (Å²) in [7, 11) is 0. The van der Waals surface area contributed by atoms with Crippen molar-refractivity contribution in [3.63, 3.8) is 0 Å². The van der Waals surface area contributed by atoms with Crippen molar-refractivity contribution in [3.8, 4) is 0 Å². The van der Waals surface area contributed by atoms with Gasteiger partial charge in [0.2, 0.25) is 11.8 Å². The highest BCUT2D eigenvalue weighted by Crippen LogP contribution is 2.18. The van der Waals surface area contributed by atoms with E-state index in [9.17, 15) is 9.59 Å². The topological polar surface area (TPSA) is 49.4 Å². The molecule has 2 aromatic carbocycles. The summed E-state index contributed by atoms with van der Waals surface area (Å²) >= 11 is 1.60. The molecule has 0 aliphatic rings. The van der Waals surface area contributed by atoms with Crippen LogP contribution < -0.4 is 5.32 Å². The van der Waals surface area contributed by atoms with Crippen molar-refractivity contribution < 1.29 is 9.59 Å². The van der Waals surface area contributed by atoms with Crippen LogP contribution in [0, 0.1) is 13.8 Å². The minimum absolute atomic E-state index is 0.00492. The SMILES string of the molecule is CC[C@@H](C)NC(=O)[C@@H](CC)N(Cc1cccc(C)c1)C(=O)CSCc1cccc(C)c1. The van der Waals surface area contributed by atoms with E-state index in [0.717, 1.165) is 23.3 Å². The monoisotopic (exact) mass is 440 g/mol. The molecule has 2 amide bonds. The second-order valence-electron chi connectivity index (χ2n) is 8.23. The summed E-state index contributed by atoms with van der Waals surface area (Å²) in [6, 6.07) is 16.1. The molecule has 168 valence electrons. The van der Waals surface area contributed by atoms with Gasteiger partial charge in [-0.2, -0.15) is 0 Å². The minimum atomic E-state index is -0.471. The second-order valence-corrected chi connectivity index (χ2v) is 9.22. The fraction of sp³-hybridized carbons (Fsp3) is 0.462. The van der Waals surface area contributed by atoms with Crippen molar-refractivity contribution in [1.29, 1.82) is 0 Å². The third kappa shape index (κ3) is 8.06. The zero-order chi connectivity index (χ0) is 22.8. The Hall–Kier alpha value is -2.27. The molecule has 2 atom stereocenters. The average Bonchev–Trinajstić information content (AvgIpc) is 2.73. The number of nitrogens with zero attached hydrogens (tertiary/aromatic N) is 1. The summed E-state index contributed by atoms with van der Waals surface area (Å²) in [6.45, 7) is 10.6. The highest BCUT2D eigenvalue weighted by molar-refractivity contribution is 7.99. The lowest BCUT2D eigenvalue weighted by Crippen LogP contribution is -2.51. The molecule has 4 nitrogen and oxygen atoms in total. The van der Waals surface area contributed by atoms with Crippen molar-refractivity contribution in [2.45, 2.75) is 71.8 Å².